The highest BCUT2D eigenvalue weighted by Gasteiger charge is 2.33. The molecule has 0 saturated heterocycles. The zero-order valence-electron chi connectivity index (χ0n) is 11.2. The van der Waals surface area contributed by atoms with E-state index in [1.54, 1.807) is 0 Å². The van der Waals surface area contributed by atoms with E-state index in [0.717, 1.165) is 0 Å². The van der Waals surface area contributed by atoms with Gasteiger partial charge in [-0.1, -0.05) is 13.0 Å². The van der Waals surface area contributed by atoms with Crippen molar-refractivity contribution in [1.29, 1.82) is 0 Å². The second kappa shape index (κ2) is 3.31. The van der Waals surface area contributed by atoms with Gasteiger partial charge >= 0.3 is 7.55 Å². The smallest absolute Gasteiger partial charge is 0.375 e. The predicted octanol–water partition coefficient (Wildman–Crippen LogP) is 3.09. The van der Waals surface area contributed by atoms with Gasteiger partial charge in [0.2, 0.25) is 0 Å². The Hall–Kier alpha value is -1.38. The van der Waals surface area contributed by atoms with Gasteiger partial charge in [-0.25, -0.2) is 0 Å². The summed E-state index contributed by atoms with van der Waals surface area (Å²) < 4.78 is 2.31. The molecule has 0 saturated carbocycles. The van der Waals surface area contributed by atoms with Crippen molar-refractivity contribution in [2.75, 3.05) is 0 Å². The summed E-state index contributed by atoms with van der Waals surface area (Å²) in [5, 5.41) is 0. The summed E-state index contributed by atoms with van der Waals surface area (Å²) in [6.07, 6.45) is 2.34. The second-order valence-electron chi connectivity index (χ2n) is 5.28. The van der Waals surface area contributed by atoms with Crippen LogP contribution >= 0.6 is 0 Å². The Bertz CT molecular complexity index is 563. The maximum absolute atomic E-state index is 2.34. The van der Waals surface area contributed by atoms with Gasteiger partial charge in [0, 0.05) is 23.0 Å². The first-order valence-corrected chi connectivity index (χ1v) is 6.23. The first-order chi connectivity index (χ1) is 8.00. The molecule has 0 bridgehead atoms. The van der Waals surface area contributed by atoms with Gasteiger partial charge in [-0.15, -0.1) is 0 Å². The van der Waals surface area contributed by atoms with E-state index in [2.05, 4.69) is 63.6 Å². The SMILES string of the molecule is CC1=CC(C)C2=C(C)c3c(C)cc(C)n3[B]N12. The van der Waals surface area contributed by atoms with Crippen LogP contribution in [-0.4, -0.2) is 16.8 Å². The highest BCUT2D eigenvalue weighted by molar-refractivity contribution is 6.34. The molecular formula is C14H18BN2. The fourth-order valence-electron chi connectivity index (χ4n) is 3.29. The van der Waals surface area contributed by atoms with Crippen LogP contribution in [0, 0.1) is 19.8 Å². The third-order valence-corrected chi connectivity index (χ3v) is 3.95. The molecule has 87 valence electrons. The van der Waals surface area contributed by atoms with E-state index in [4.69, 9.17) is 0 Å². The molecule has 0 fully saturated rings. The van der Waals surface area contributed by atoms with Crippen LogP contribution in [-0.2, 0) is 0 Å². The Morgan fingerprint density at radius 2 is 1.88 bits per heavy atom. The van der Waals surface area contributed by atoms with Gasteiger partial charge in [-0.3, -0.25) is 0 Å². The minimum atomic E-state index is 0.523. The van der Waals surface area contributed by atoms with E-state index < -0.39 is 0 Å². The van der Waals surface area contributed by atoms with Gasteiger partial charge in [-0.05, 0) is 50.6 Å². The number of fused-ring (bicyclic) bond motifs is 2. The number of rotatable bonds is 0. The highest BCUT2D eigenvalue weighted by Crippen LogP contribution is 2.39. The molecular weight excluding hydrogens is 207 g/mol. The molecule has 2 nitrogen and oxygen atoms in total. The lowest BCUT2D eigenvalue weighted by Gasteiger charge is -2.32. The molecule has 1 atom stereocenters. The number of hydrogen-bond acceptors (Lipinski definition) is 1. The van der Waals surface area contributed by atoms with Crippen molar-refractivity contribution in [3.05, 3.63) is 40.5 Å². The monoisotopic (exact) mass is 225 g/mol. The summed E-state index contributed by atoms with van der Waals surface area (Å²) in [4.78, 5) is 2.33. The van der Waals surface area contributed by atoms with Gasteiger partial charge in [0.25, 0.3) is 0 Å². The molecule has 17 heavy (non-hydrogen) atoms. The number of hydrogen-bond donors (Lipinski definition) is 0. The van der Waals surface area contributed by atoms with Crippen LogP contribution in [0.25, 0.3) is 5.57 Å². The van der Waals surface area contributed by atoms with E-state index in [9.17, 15) is 0 Å². The zero-order valence-corrected chi connectivity index (χ0v) is 11.2. The molecule has 1 unspecified atom stereocenters. The normalized spacial score (nSPS) is 22.3. The van der Waals surface area contributed by atoms with E-state index in [-0.39, 0.29) is 0 Å². The maximum Gasteiger partial charge on any atom is 0.400 e. The summed E-state index contributed by atoms with van der Waals surface area (Å²) >= 11 is 0. The Morgan fingerprint density at radius 1 is 1.18 bits per heavy atom. The van der Waals surface area contributed by atoms with Gasteiger partial charge in [-0.2, -0.15) is 0 Å². The molecule has 0 aliphatic carbocycles. The topological polar surface area (TPSA) is 8.17 Å². The van der Waals surface area contributed by atoms with Crippen molar-refractivity contribution < 1.29 is 0 Å². The van der Waals surface area contributed by atoms with E-state index in [0.29, 0.717) is 5.92 Å². The van der Waals surface area contributed by atoms with Crippen molar-refractivity contribution in [3.8, 4) is 0 Å². The van der Waals surface area contributed by atoms with Crippen molar-refractivity contribution in [1.82, 2.24) is 9.29 Å². The van der Waals surface area contributed by atoms with Crippen LogP contribution < -0.4 is 0 Å². The molecule has 0 aromatic carbocycles. The van der Waals surface area contributed by atoms with Crippen molar-refractivity contribution in [2.24, 2.45) is 5.92 Å². The van der Waals surface area contributed by atoms with Gasteiger partial charge in [0.1, 0.15) is 0 Å². The first-order valence-electron chi connectivity index (χ1n) is 6.23. The molecule has 3 rings (SSSR count). The summed E-state index contributed by atoms with van der Waals surface area (Å²) in [7, 11) is 2.23. The van der Waals surface area contributed by atoms with Crippen molar-refractivity contribution in [2.45, 2.75) is 34.6 Å². The van der Waals surface area contributed by atoms with Crippen LogP contribution in [0.1, 0.15) is 37.7 Å². The van der Waals surface area contributed by atoms with Gasteiger partial charge < -0.3 is 9.29 Å². The Morgan fingerprint density at radius 3 is 2.59 bits per heavy atom. The Balaban J connectivity index is 2.25. The molecule has 3 heteroatoms. The number of aryl methyl sites for hydroxylation is 2. The number of allylic oxidation sites excluding steroid dienone is 3. The lowest BCUT2D eigenvalue weighted by atomic mass is 9.92. The lowest BCUT2D eigenvalue weighted by Crippen LogP contribution is -2.35. The van der Waals surface area contributed by atoms with E-state index in [1.165, 1.54) is 33.9 Å². The largest absolute Gasteiger partial charge is 0.400 e. The molecule has 0 N–H and O–H groups in total. The maximum atomic E-state index is 2.34. The Labute approximate surface area is 104 Å². The summed E-state index contributed by atoms with van der Waals surface area (Å²) in [5.74, 6) is 0.523. The van der Waals surface area contributed by atoms with Crippen LogP contribution in [0.4, 0.5) is 0 Å². The van der Waals surface area contributed by atoms with Crippen LogP contribution in [0.3, 0.4) is 0 Å². The van der Waals surface area contributed by atoms with Crippen LogP contribution in [0.5, 0.6) is 0 Å². The summed E-state index contributed by atoms with van der Waals surface area (Å²) in [5.41, 5.74) is 8.25. The number of aromatic nitrogens is 1. The summed E-state index contributed by atoms with van der Waals surface area (Å²) in [6.45, 7) is 11.1. The van der Waals surface area contributed by atoms with E-state index >= 15 is 0 Å². The summed E-state index contributed by atoms with van der Waals surface area (Å²) in [6, 6.07) is 2.27. The molecule has 1 radical (unpaired) electrons. The third-order valence-electron chi connectivity index (χ3n) is 3.95. The molecule has 1 aromatic rings. The Kier molecular flexibility index (Phi) is 2.10. The van der Waals surface area contributed by atoms with E-state index in [1.807, 2.05) is 0 Å². The molecule has 3 heterocycles. The van der Waals surface area contributed by atoms with Crippen molar-refractivity contribution in [3.63, 3.8) is 0 Å². The lowest BCUT2D eigenvalue weighted by molar-refractivity contribution is 0.624. The highest BCUT2D eigenvalue weighted by atomic mass is 15.2. The molecule has 2 aliphatic heterocycles. The number of nitrogens with zero attached hydrogens (tertiary/aromatic N) is 2. The average molecular weight is 225 g/mol. The minimum Gasteiger partial charge on any atom is -0.375 e. The molecule has 0 amide bonds. The molecule has 0 spiro atoms. The minimum absolute atomic E-state index is 0.523. The second-order valence-corrected chi connectivity index (χ2v) is 5.28. The third kappa shape index (κ3) is 1.28. The zero-order chi connectivity index (χ0) is 12.3. The predicted molar refractivity (Wildman–Crippen MR) is 72.4 cm³/mol. The molecule has 2 aliphatic rings. The van der Waals surface area contributed by atoms with Gasteiger partial charge in [0.05, 0.1) is 0 Å². The van der Waals surface area contributed by atoms with Crippen molar-refractivity contribution >= 4 is 13.1 Å². The van der Waals surface area contributed by atoms with Crippen LogP contribution in [0.15, 0.2) is 23.5 Å². The quantitative estimate of drug-likeness (QED) is 0.616. The fourth-order valence-corrected chi connectivity index (χ4v) is 3.29. The fraction of sp³-hybridized carbons (Fsp3) is 0.429. The molecule has 1 aromatic heterocycles. The average Bonchev–Trinajstić information content (AvgIpc) is 2.68. The standard InChI is InChI=1S/C14H18BN2/c1-8-6-10(3)16-13(8)12(5)14-9(2)7-11(4)17(14)15-16/h6-8H,1-5H3. The van der Waals surface area contributed by atoms with Gasteiger partial charge in [0.15, 0.2) is 0 Å². The first kappa shape index (κ1) is 10.8. The van der Waals surface area contributed by atoms with Crippen LogP contribution in [0.2, 0.25) is 0 Å².